The van der Waals surface area contributed by atoms with Crippen LogP contribution in [0.3, 0.4) is 0 Å². The van der Waals surface area contributed by atoms with Crippen LogP contribution in [-0.2, 0) is 26.2 Å². The van der Waals surface area contributed by atoms with Crippen molar-refractivity contribution in [2.24, 2.45) is 0 Å². The number of nitrogens with zero attached hydrogens (tertiary/aromatic N) is 2. The predicted molar refractivity (Wildman–Crippen MR) is 135 cm³/mol. The van der Waals surface area contributed by atoms with Gasteiger partial charge in [-0.15, -0.1) is 0 Å². The third kappa shape index (κ3) is 8.16. The number of anilines is 1. The van der Waals surface area contributed by atoms with Gasteiger partial charge in [-0.1, -0.05) is 53.5 Å². The molecule has 0 aliphatic heterocycles. The number of hydrogen-bond acceptors (Lipinski definition) is 4. The first-order valence-electron chi connectivity index (χ1n) is 10.9. The van der Waals surface area contributed by atoms with Gasteiger partial charge in [-0.25, -0.2) is 8.42 Å². The molecule has 2 aromatic rings. The molecule has 7 nitrogen and oxygen atoms in total. The molecule has 0 saturated heterocycles. The van der Waals surface area contributed by atoms with Crippen molar-refractivity contribution in [3.8, 4) is 0 Å². The second-order valence-corrected chi connectivity index (χ2v) is 10.9. The van der Waals surface area contributed by atoms with Gasteiger partial charge in [0.05, 0.1) is 11.9 Å². The molecule has 0 bridgehead atoms. The quantitative estimate of drug-likeness (QED) is 0.441. The van der Waals surface area contributed by atoms with Crippen molar-refractivity contribution in [3.63, 3.8) is 0 Å². The molecule has 9 heteroatoms. The zero-order chi connectivity index (χ0) is 24.6. The number of hydrogen-bond donors (Lipinski definition) is 1. The third-order valence-electron chi connectivity index (χ3n) is 5.23. The maximum atomic E-state index is 13.4. The van der Waals surface area contributed by atoms with E-state index in [4.69, 9.17) is 0 Å². The summed E-state index contributed by atoms with van der Waals surface area (Å²) < 4.78 is 27.1. The third-order valence-corrected chi connectivity index (χ3v) is 6.90. The molecular formula is C24H32BrN3O4S. The van der Waals surface area contributed by atoms with Gasteiger partial charge >= 0.3 is 0 Å². The van der Waals surface area contributed by atoms with E-state index in [0.29, 0.717) is 12.2 Å². The van der Waals surface area contributed by atoms with Crippen LogP contribution in [0.1, 0.15) is 37.8 Å². The number of aryl methyl sites for hydroxylation is 1. The Morgan fingerprint density at radius 3 is 2.36 bits per heavy atom. The van der Waals surface area contributed by atoms with Gasteiger partial charge in [0.2, 0.25) is 21.8 Å². The lowest BCUT2D eigenvalue weighted by molar-refractivity contribution is -0.139. The van der Waals surface area contributed by atoms with Gasteiger partial charge in [-0.3, -0.25) is 13.9 Å². The van der Waals surface area contributed by atoms with E-state index < -0.39 is 28.5 Å². The monoisotopic (exact) mass is 537 g/mol. The summed E-state index contributed by atoms with van der Waals surface area (Å²) in [6.45, 7) is 5.86. The Morgan fingerprint density at radius 1 is 1.12 bits per heavy atom. The van der Waals surface area contributed by atoms with E-state index in [1.54, 1.807) is 25.1 Å². The van der Waals surface area contributed by atoms with Crippen LogP contribution in [-0.4, -0.2) is 50.5 Å². The number of rotatable bonds is 11. The first kappa shape index (κ1) is 26.9. The maximum Gasteiger partial charge on any atom is 0.244 e. The number of sulfonamides is 1. The minimum Gasteiger partial charge on any atom is -0.354 e. The Morgan fingerprint density at radius 2 is 1.79 bits per heavy atom. The summed E-state index contributed by atoms with van der Waals surface area (Å²) in [6, 6.07) is 13.7. The first-order valence-corrected chi connectivity index (χ1v) is 13.5. The Labute approximate surface area is 205 Å². The summed E-state index contributed by atoms with van der Waals surface area (Å²) in [5.74, 6) is -0.724. The molecule has 0 aromatic heterocycles. The summed E-state index contributed by atoms with van der Waals surface area (Å²) in [4.78, 5) is 27.6. The van der Waals surface area contributed by atoms with Crippen molar-refractivity contribution >= 4 is 43.5 Å². The number of unbranched alkanes of at least 4 members (excludes halogenated alkanes) is 1. The van der Waals surface area contributed by atoms with Gasteiger partial charge in [-0.2, -0.15) is 0 Å². The molecule has 0 heterocycles. The first-order chi connectivity index (χ1) is 15.5. The Bertz CT molecular complexity index is 1060. The van der Waals surface area contributed by atoms with E-state index in [-0.39, 0.29) is 12.5 Å². The zero-order valence-electron chi connectivity index (χ0n) is 19.5. The van der Waals surface area contributed by atoms with E-state index in [2.05, 4.69) is 21.2 Å². The van der Waals surface area contributed by atoms with Crippen LogP contribution in [0.25, 0.3) is 0 Å². The number of amides is 2. The van der Waals surface area contributed by atoms with E-state index in [1.165, 1.54) is 4.90 Å². The minimum atomic E-state index is -3.73. The van der Waals surface area contributed by atoms with Crippen molar-refractivity contribution < 1.29 is 18.0 Å². The van der Waals surface area contributed by atoms with Crippen molar-refractivity contribution in [2.75, 3.05) is 23.7 Å². The minimum absolute atomic E-state index is 0.180. The standard InChI is InChI=1S/C24H32BrN3O4S/c1-5-6-14-26-24(30)19(3)27(16-20-10-12-21(25)13-11-20)23(29)17-28(33(4,31)32)22-9-7-8-18(2)15-22/h7-13,15,19H,5-6,14,16-17H2,1-4H3,(H,26,30). The van der Waals surface area contributed by atoms with Crippen LogP contribution in [0.4, 0.5) is 5.69 Å². The molecule has 0 fully saturated rings. The fourth-order valence-electron chi connectivity index (χ4n) is 3.30. The second-order valence-electron chi connectivity index (χ2n) is 8.08. The average molecular weight is 539 g/mol. The van der Waals surface area contributed by atoms with E-state index in [9.17, 15) is 18.0 Å². The molecule has 0 aliphatic carbocycles. The molecule has 2 amide bonds. The topological polar surface area (TPSA) is 86.8 Å². The number of carbonyl (C=O) groups is 2. The van der Waals surface area contributed by atoms with E-state index >= 15 is 0 Å². The normalized spacial score (nSPS) is 12.2. The zero-order valence-corrected chi connectivity index (χ0v) is 21.9. The summed E-state index contributed by atoms with van der Waals surface area (Å²) in [5.41, 5.74) is 2.12. The highest BCUT2D eigenvalue weighted by atomic mass is 79.9. The highest BCUT2D eigenvalue weighted by Crippen LogP contribution is 2.20. The summed E-state index contributed by atoms with van der Waals surface area (Å²) in [5, 5.41) is 2.86. The van der Waals surface area contributed by atoms with Gasteiger partial charge in [0.1, 0.15) is 12.6 Å². The Hall–Kier alpha value is -2.39. The molecule has 2 aromatic carbocycles. The van der Waals surface area contributed by atoms with Crippen molar-refractivity contribution in [1.29, 1.82) is 0 Å². The van der Waals surface area contributed by atoms with Crippen LogP contribution >= 0.6 is 15.9 Å². The molecule has 1 unspecified atom stereocenters. The molecule has 2 rings (SSSR count). The number of halogens is 1. The molecule has 1 N–H and O–H groups in total. The Kier molecular flexibility index (Phi) is 9.91. The highest BCUT2D eigenvalue weighted by Gasteiger charge is 2.30. The fourth-order valence-corrected chi connectivity index (χ4v) is 4.41. The van der Waals surface area contributed by atoms with Gasteiger partial charge in [0.15, 0.2) is 0 Å². The van der Waals surface area contributed by atoms with Gasteiger partial charge in [-0.05, 0) is 55.7 Å². The second kappa shape index (κ2) is 12.2. The van der Waals surface area contributed by atoms with Gasteiger partial charge in [0.25, 0.3) is 0 Å². The number of benzene rings is 2. The van der Waals surface area contributed by atoms with Crippen LogP contribution < -0.4 is 9.62 Å². The molecule has 0 aliphatic rings. The van der Waals surface area contributed by atoms with E-state index in [1.807, 2.05) is 44.2 Å². The van der Waals surface area contributed by atoms with Gasteiger partial charge < -0.3 is 10.2 Å². The number of carbonyl (C=O) groups excluding carboxylic acids is 2. The van der Waals surface area contributed by atoms with E-state index in [0.717, 1.165) is 39.0 Å². The smallest absolute Gasteiger partial charge is 0.244 e. The summed E-state index contributed by atoms with van der Waals surface area (Å²) in [6.07, 6.45) is 2.85. The van der Waals surface area contributed by atoms with Crippen molar-refractivity contribution in [3.05, 3.63) is 64.1 Å². The highest BCUT2D eigenvalue weighted by molar-refractivity contribution is 9.10. The van der Waals surface area contributed by atoms with Gasteiger partial charge in [0, 0.05) is 17.6 Å². The lowest BCUT2D eigenvalue weighted by atomic mass is 10.1. The van der Waals surface area contributed by atoms with Crippen molar-refractivity contribution in [1.82, 2.24) is 10.2 Å². The SMILES string of the molecule is CCCCNC(=O)C(C)N(Cc1ccc(Br)cc1)C(=O)CN(c1cccc(C)c1)S(C)(=O)=O. The van der Waals surface area contributed by atoms with Crippen LogP contribution in [0, 0.1) is 6.92 Å². The van der Waals surface area contributed by atoms with Crippen LogP contribution in [0.5, 0.6) is 0 Å². The lowest BCUT2D eigenvalue weighted by Gasteiger charge is -2.31. The summed E-state index contributed by atoms with van der Waals surface area (Å²) in [7, 11) is -3.73. The largest absolute Gasteiger partial charge is 0.354 e. The molecule has 0 spiro atoms. The fraction of sp³-hybridized carbons (Fsp3) is 0.417. The molecule has 0 radical (unpaired) electrons. The van der Waals surface area contributed by atoms with Crippen molar-refractivity contribution in [2.45, 2.75) is 46.2 Å². The lowest BCUT2D eigenvalue weighted by Crippen LogP contribution is -2.51. The predicted octanol–water partition coefficient (Wildman–Crippen LogP) is 3.86. The molecule has 33 heavy (non-hydrogen) atoms. The molecular weight excluding hydrogens is 506 g/mol. The maximum absolute atomic E-state index is 13.4. The molecule has 0 saturated carbocycles. The van der Waals surface area contributed by atoms with Crippen LogP contribution in [0.15, 0.2) is 53.0 Å². The van der Waals surface area contributed by atoms with Crippen LogP contribution in [0.2, 0.25) is 0 Å². The Balaban J connectivity index is 2.33. The molecule has 180 valence electrons. The number of nitrogens with one attached hydrogen (secondary N) is 1. The summed E-state index contributed by atoms with van der Waals surface area (Å²) >= 11 is 3.40. The average Bonchev–Trinajstić information content (AvgIpc) is 2.75. The molecule has 1 atom stereocenters.